The predicted octanol–water partition coefficient (Wildman–Crippen LogP) is 2.41. The van der Waals surface area contributed by atoms with Crippen LogP contribution in [0.15, 0.2) is 41.0 Å². The fraction of sp³-hybridized carbons (Fsp3) is 0.250. The van der Waals surface area contributed by atoms with Gasteiger partial charge in [-0.25, -0.2) is 0 Å². The van der Waals surface area contributed by atoms with Gasteiger partial charge < -0.3 is 14.5 Å². The molecule has 7 nitrogen and oxygen atoms in total. The molecule has 0 fully saturated rings. The summed E-state index contributed by atoms with van der Waals surface area (Å²) in [5.74, 6) is 0.105. The van der Waals surface area contributed by atoms with Crippen LogP contribution in [0.3, 0.4) is 0 Å². The molecule has 2 aromatic rings. The number of nitrogens with one attached hydrogen (secondary N) is 3. The Bertz CT molecular complexity index is 702. The second-order valence-corrected chi connectivity index (χ2v) is 5.73. The number of carbonyl (C=O) groups is 2. The number of rotatable bonds is 7. The highest BCUT2D eigenvalue weighted by Gasteiger charge is 2.11. The van der Waals surface area contributed by atoms with E-state index in [9.17, 15) is 9.59 Å². The van der Waals surface area contributed by atoms with Crippen molar-refractivity contribution in [1.29, 1.82) is 0 Å². The van der Waals surface area contributed by atoms with Crippen molar-refractivity contribution in [3.05, 3.63) is 46.7 Å². The first kappa shape index (κ1) is 17.9. The van der Waals surface area contributed by atoms with E-state index in [1.807, 2.05) is 13.0 Å². The van der Waals surface area contributed by atoms with Gasteiger partial charge >= 0.3 is 0 Å². The molecule has 8 heteroatoms. The maximum atomic E-state index is 11.8. The van der Waals surface area contributed by atoms with E-state index >= 15 is 0 Å². The molecular formula is C16H18BrN3O4. The first-order valence-corrected chi connectivity index (χ1v) is 8.17. The van der Waals surface area contributed by atoms with Gasteiger partial charge in [0.1, 0.15) is 5.69 Å². The third kappa shape index (κ3) is 5.31. The van der Waals surface area contributed by atoms with Crippen LogP contribution in [0.4, 0.5) is 0 Å². The molecule has 0 aliphatic rings. The molecule has 2 rings (SSSR count). The zero-order valence-electron chi connectivity index (χ0n) is 13.1. The van der Waals surface area contributed by atoms with Crippen molar-refractivity contribution in [2.45, 2.75) is 13.3 Å². The summed E-state index contributed by atoms with van der Waals surface area (Å²) in [6, 6.07) is 8.70. The van der Waals surface area contributed by atoms with Crippen molar-refractivity contribution in [1.82, 2.24) is 15.8 Å². The van der Waals surface area contributed by atoms with Gasteiger partial charge in [-0.3, -0.25) is 20.4 Å². The van der Waals surface area contributed by atoms with Crippen molar-refractivity contribution in [2.75, 3.05) is 13.2 Å². The Labute approximate surface area is 147 Å². The summed E-state index contributed by atoms with van der Waals surface area (Å²) in [4.78, 5) is 26.3. The summed E-state index contributed by atoms with van der Waals surface area (Å²) in [5, 5.41) is 0. The SMILES string of the molecule is CCCOc1ccccc1OCC(=O)NNC(=O)c1cc(Br)c[nH]1. The lowest BCUT2D eigenvalue weighted by Crippen LogP contribution is -2.43. The number of hydrogen-bond acceptors (Lipinski definition) is 4. The number of hydrogen-bond donors (Lipinski definition) is 3. The molecule has 1 aromatic carbocycles. The molecule has 1 aromatic heterocycles. The van der Waals surface area contributed by atoms with Crippen LogP contribution >= 0.6 is 15.9 Å². The number of para-hydroxylation sites is 2. The van der Waals surface area contributed by atoms with Gasteiger partial charge in [-0.05, 0) is 40.5 Å². The molecule has 3 N–H and O–H groups in total. The van der Waals surface area contributed by atoms with Gasteiger partial charge in [-0.2, -0.15) is 0 Å². The zero-order chi connectivity index (χ0) is 17.4. The highest BCUT2D eigenvalue weighted by Crippen LogP contribution is 2.26. The topological polar surface area (TPSA) is 92.4 Å². The summed E-state index contributed by atoms with van der Waals surface area (Å²) in [7, 11) is 0. The van der Waals surface area contributed by atoms with Crippen molar-refractivity contribution in [2.24, 2.45) is 0 Å². The largest absolute Gasteiger partial charge is 0.490 e. The van der Waals surface area contributed by atoms with E-state index in [1.165, 1.54) is 0 Å². The van der Waals surface area contributed by atoms with E-state index in [0.717, 1.165) is 10.9 Å². The number of aromatic amines is 1. The third-order valence-electron chi connectivity index (χ3n) is 2.88. The average molecular weight is 396 g/mol. The second kappa shape index (κ2) is 8.97. The lowest BCUT2D eigenvalue weighted by molar-refractivity contribution is -0.123. The summed E-state index contributed by atoms with van der Waals surface area (Å²) in [5.41, 5.74) is 4.90. The van der Waals surface area contributed by atoms with Crippen LogP contribution in [0.1, 0.15) is 23.8 Å². The van der Waals surface area contributed by atoms with Gasteiger partial charge in [-0.15, -0.1) is 0 Å². The molecular weight excluding hydrogens is 378 g/mol. The fourth-order valence-corrected chi connectivity index (χ4v) is 2.12. The Morgan fingerprint density at radius 3 is 2.50 bits per heavy atom. The zero-order valence-corrected chi connectivity index (χ0v) is 14.7. The van der Waals surface area contributed by atoms with Crippen LogP contribution in [0, 0.1) is 0 Å². The smallest absolute Gasteiger partial charge is 0.286 e. The summed E-state index contributed by atoms with van der Waals surface area (Å²) in [6.07, 6.45) is 2.49. The maximum Gasteiger partial charge on any atom is 0.286 e. The summed E-state index contributed by atoms with van der Waals surface area (Å²) >= 11 is 3.23. The lowest BCUT2D eigenvalue weighted by Gasteiger charge is -2.12. The van der Waals surface area contributed by atoms with E-state index in [-0.39, 0.29) is 6.61 Å². The second-order valence-electron chi connectivity index (χ2n) is 4.82. The average Bonchev–Trinajstić information content (AvgIpc) is 3.03. The van der Waals surface area contributed by atoms with Gasteiger partial charge in [0.2, 0.25) is 0 Å². The molecule has 1 heterocycles. The fourth-order valence-electron chi connectivity index (χ4n) is 1.77. The van der Waals surface area contributed by atoms with Crippen molar-refractivity contribution in [3.8, 4) is 11.5 Å². The first-order valence-electron chi connectivity index (χ1n) is 7.38. The highest BCUT2D eigenvalue weighted by molar-refractivity contribution is 9.10. The Morgan fingerprint density at radius 1 is 1.17 bits per heavy atom. The number of amides is 2. The number of hydrazine groups is 1. The lowest BCUT2D eigenvalue weighted by atomic mass is 10.3. The molecule has 0 saturated carbocycles. The van der Waals surface area contributed by atoms with E-state index < -0.39 is 11.8 Å². The quantitative estimate of drug-likeness (QED) is 0.627. The van der Waals surface area contributed by atoms with Crippen LogP contribution in [0.25, 0.3) is 0 Å². The number of aromatic nitrogens is 1. The Kier molecular flexibility index (Phi) is 6.68. The third-order valence-corrected chi connectivity index (χ3v) is 3.34. The van der Waals surface area contributed by atoms with E-state index in [2.05, 4.69) is 31.8 Å². The minimum Gasteiger partial charge on any atom is -0.490 e. The van der Waals surface area contributed by atoms with Crippen molar-refractivity contribution in [3.63, 3.8) is 0 Å². The maximum absolute atomic E-state index is 11.8. The van der Waals surface area contributed by atoms with E-state index in [0.29, 0.717) is 23.8 Å². The monoisotopic (exact) mass is 395 g/mol. The van der Waals surface area contributed by atoms with Crippen molar-refractivity contribution < 1.29 is 19.1 Å². The van der Waals surface area contributed by atoms with E-state index in [1.54, 1.807) is 30.5 Å². The molecule has 0 radical (unpaired) electrons. The van der Waals surface area contributed by atoms with Crippen LogP contribution in [0.2, 0.25) is 0 Å². The summed E-state index contributed by atoms with van der Waals surface area (Å²) in [6.45, 7) is 2.32. The standard InChI is InChI=1S/C16H18BrN3O4/c1-2-7-23-13-5-3-4-6-14(13)24-10-15(21)19-20-16(22)12-8-11(17)9-18-12/h3-6,8-9,18H,2,7,10H2,1H3,(H,19,21)(H,20,22). The number of halogens is 1. The minimum absolute atomic E-state index is 0.249. The van der Waals surface area contributed by atoms with Crippen LogP contribution < -0.4 is 20.3 Å². The molecule has 0 unspecified atom stereocenters. The van der Waals surface area contributed by atoms with Crippen molar-refractivity contribution >= 4 is 27.7 Å². The molecule has 2 amide bonds. The van der Waals surface area contributed by atoms with Gasteiger partial charge in [-0.1, -0.05) is 19.1 Å². The molecule has 0 saturated heterocycles. The number of benzene rings is 1. The van der Waals surface area contributed by atoms with E-state index in [4.69, 9.17) is 9.47 Å². The number of H-pyrrole nitrogens is 1. The normalized spacial score (nSPS) is 10.1. The van der Waals surface area contributed by atoms with Gasteiger partial charge in [0, 0.05) is 10.7 Å². The Hall–Kier alpha value is -2.48. The molecule has 0 aliphatic heterocycles. The van der Waals surface area contributed by atoms with Crippen LogP contribution in [-0.2, 0) is 4.79 Å². The van der Waals surface area contributed by atoms with Gasteiger partial charge in [0.25, 0.3) is 11.8 Å². The first-order chi connectivity index (χ1) is 11.6. The van der Waals surface area contributed by atoms with Gasteiger partial charge in [0.15, 0.2) is 18.1 Å². The van der Waals surface area contributed by atoms with Crippen LogP contribution in [0.5, 0.6) is 11.5 Å². The Balaban J connectivity index is 1.80. The number of ether oxygens (including phenoxy) is 2. The molecule has 24 heavy (non-hydrogen) atoms. The summed E-state index contributed by atoms with van der Waals surface area (Å²) < 4.78 is 11.7. The van der Waals surface area contributed by atoms with Crippen LogP contribution in [-0.4, -0.2) is 30.0 Å². The molecule has 0 spiro atoms. The minimum atomic E-state index is -0.487. The molecule has 128 valence electrons. The highest BCUT2D eigenvalue weighted by atomic mass is 79.9. The predicted molar refractivity (Wildman–Crippen MR) is 91.8 cm³/mol. The number of carbonyl (C=O) groups excluding carboxylic acids is 2. The molecule has 0 aliphatic carbocycles. The molecule has 0 bridgehead atoms. The molecule has 0 atom stereocenters. The Morgan fingerprint density at radius 2 is 1.88 bits per heavy atom. The van der Waals surface area contributed by atoms with Gasteiger partial charge in [0.05, 0.1) is 6.61 Å².